The molecule has 0 aliphatic heterocycles. The number of rotatable bonds is 4. The van der Waals surface area contributed by atoms with Crippen molar-refractivity contribution in [2.24, 2.45) is 5.92 Å². The van der Waals surface area contributed by atoms with Crippen LogP contribution in [0.5, 0.6) is 0 Å². The fraction of sp³-hybridized carbons (Fsp3) is 0.226. The molecule has 0 nitrogen and oxygen atoms in total. The maximum Gasteiger partial charge on any atom is 0.0141 e. The first kappa shape index (κ1) is 19.8. The van der Waals surface area contributed by atoms with Gasteiger partial charge in [-0.1, -0.05) is 112 Å². The molecule has 4 aromatic carbocycles. The van der Waals surface area contributed by atoms with Crippen LogP contribution in [-0.2, 0) is 5.41 Å². The first-order chi connectivity index (χ1) is 15.1. The van der Waals surface area contributed by atoms with Crippen LogP contribution in [0.2, 0.25) is 0 Å². The van der Waals surface area contributed by atoms with Gasteiger partial charge in [-0.3, -0.25) is 0 Å². The molecule has 0 N–H and O–H groups in total. The molecule has 5 rings (SSSR count). The molecule has 0 amide bonds. The van der Waals surface area contributed by atoms with E-state index in [0.29, 0.717) is 5.92 Å². The molecule has 0 radical (unpaired) electrons. The molecule has 0 heteroatoms. The molecule has 0 bridgehead atoms. The summed E-state index contributed by atoms with van der Waals surface area (Å²) in [6.45, 7) is 6.95. The van der Waals surface area contributed by atoms with E-state index >= 15 is 0 Å². The molecule has 1 aliphatic rings. The van der Waals surface area contributed by atoms with E-state index in [1.54, 1.807) is 0 Å². The Labute approximate surface area is 185 Å². The van der Waals surface area contributed by atoms with Crippen LogP contribution >= 0.6 is 0 Å². The lowest BCUT2D eigenvalue weighted by Crippen LogP contribution is -2.21. The minimum Gasteiger partial charge on any atom is -0.0799 e. The Balaban J connectivity index is 1.56. The number of benzene rings is 4. The van der Waals surface area contributed by atoms with Crippen LogP contribution in [0.1, 0.15) is 39.2 Å². The van der Waals surface area contributed by atoms with Gasteiger partial charge in [-0.05, 0) is 68.6 Å². The van der Waals surface area contributed by atoms with E-state index in [9.17, 15) is 0 Å². The molecular formula is C31H30. The van der Waals surface area contributed by atoms with Gasteiger partial charge in [-0.25, -0.2) is 0 Å². The zero-order valence-corrected chi connectivity index (χ0v) is 18.7. The fourth-order valence-corrected chi connectivity index (χ4v) is 4.90. The number of hydrogen-bond acceptors (Lipinski definition) is 0. The van der Waals surface area contributed by atoms with Crippen molar-refractivity contribution < 1.29 is 0 Å². The Kier molecular flexibility index (Phi) is 5.02. The molecule has 2 unspecified atom stereocenters. The van der Waals surface area contributed by atoms with E-state index in [1.165, 1.54) is 50.2 Å². The molecule has 0 fully saturated rings. The van der Waals surface area contributed by atoms with Crippen molar-refractivity contribution in [1.29, 1.82) is 0 Å². The summed E-state index contributed by atoms with van der Waals surface area (Å²) in [5.74, 6) is 0.641. The van der Waals surface area contributed by atoms with Crippen molar-refractivity contribution in [2.75, 3.05) is 0 Å². The lowest BCUT2D eigenvalue weighted by atomic mass is 9.74. The van der Waals surface area contributed by atoms with Gasteiger partial charge in [0.1, 0.15) is 0 Å². The lowest BCUT2D eigenvalue weighted by molar-refractivity contribution is 0.577. The predicted octanol–water partition coefficient (Wildman–Crippen LogP) is 8.85. The van der Waals surface area contributed by atoms with Gasteiger partial charge >= 0.3 is 0 Å². The predicted molar refractivity (Wildman–Crippen MR) is 136 cm³/mol. The monoisotopic (exact) mass is 402 g/mol. The standard InChI is InChI=1S/C31H30/c1-4-22(2)23-17-19-31(3,20-18-23)27-15-13-24(14-16-27)30-28-11-7-5-9-25(28)21-26-10-6-8-12-29(26)30/h5-19,21-22H,4,20H2,1-3H3. The second-order valence-electron chi connectivity index (χ2n) is 9.24. The van der Waals surface area contributed by atoms with Gasteiger partial charge in [0.2, 0.25) is 0 Å². The summed E-state index contributed by atoms with van der Waals surface area (Å²) < 4.78 is 0. The largest absolute Gasteiger partial charge is 0.0799 e. The second-order valence-corrected chi connectivity index (χ2v) is 9.24. The molecule has 0 heterocycles. The Bertz CT molecular complexity index is 1250. The van der Waals surface area contributed by atoms with Crippen LogP contribution in [-0.4, -0.2) is 0 Å². The average Bonchev–Trinajstić information content (AvgIpc) is 2.82. The van der Waals surface area contributed by atoms with Crippen LogP contribution in [0.25, 0.3) is 32.7 Å². The lowest BCUT2D eigenvalue weighted by Gasteiger charge is -2.30. The highest BCUT2D eigenvalue weighted by Crippen LogP contribution is 2.39. The van der Waals surface area contributed by atoms with Crippen molar-refractivity contribution >= 4 is 21.5 Å². The molecule has 0 saturated carbocycles. The summed E-state index contributed by atoms with van der Waals surface area (Å²) in [5, 5.41) is 5.23. The average molecular weight is 403 g/mol. The van der Waals surface area contributed by atoms with E-state index in [0.717, 1.165) is 6.42 Å². The molecular weight excluding hydrogens is 372 g/mol. The summed E-state index contributed by atoms with van der Waals surface area (Å²) in [6, 6.07) is 29.1. The summed E-state index contributed by atoms with van der Waals surface area (Å²) in [4.78, 5) is 0. The maximum atomic E-state index is 2.44. The minimum atomic E-state index is 0.0658. The molecule has 0 saturated heterocycles. The van der Waals surface area contributed by atoms with Crippen molar-refractivity contribution in [1.82, 2.24) is 0 Å². The molecule has 1 aliphatic carbocycles. The molecule has 31 heavy (non-hydrogen) atoms. The van der Waals surface area contributed by atoms with Crippen molar-refractivity contribution in [3.63, 3.8) is 0 Å². The van der Waals surface area contributed by atoms with Crippen molar-refractivity contribution in [2.45, 2.75) is 39.0 Å². The molecule has 0 spiro atoms. The van der Waals surface area contributed by atoms with Gasteiger partial charge < -0.3 is 0 Å². The van der Waals surface area contributed by atoms with Gasteiger partial charge in [0.15, 0.2) is 0 Å². The summed E-state index contributed by atoms with van der Waals surface area (Å²) in [5.41, 5.74) is 5.56. The van der Waals surface area contributed by atoms with E-state index in [1.807, 2.05) is 0 Å². The zero-order valence-electron chi connectivity index (χ0n) is 18.7. The summed E-state index contributed by atoms with van der Waals surface area (Å²) in [7, 11) is 0. The Morgan fingerprint density at radius 1 is 0.839 bits per heavy atom. The van der Waals surface area contributed by atoms with Gasteiger partial charge in [-0.15, -0.1) is 0 Å². The third-order valence-electron chi connectivity index (χ3n) is 7.19. The van der Waals surface area contributed by atoms with Crippen molar-refractivity contribution in [3.8, 4) is 11.1 Å². The normalized spacial score (nSPS) is 19.5. The quantitative estimate of drug-likeness (QED) is 0.299. The number of fused-ring (bicyclic) bond motifs is 2. The smallest absolute Gasteiger partial charge is 0.0141 e. The zero-order chi connectivity index (χ0) is 21.4. The topological polar surface area (TPSA) is 0 Å². The second kappa shape index (κ2) is 7.85. The highest BCUT2D eigenvalue weighted by atomic mass is 14.3. The SMILES string of the molecule is CCC(C)C1=CCC(C)(c2ccc(-c3c4ccccc4cc4ccccc34)cc2)C=C1. The first-order valence-corrected chi connectivity index (χ1v) is 11.5. The number of allylic oxidation sites excluding steroid dienone is 4. The molecule has 2 atom stereocenters. The molecule has 4 aromatic rings. The highest BCUT2D eigenvalue weighted by Gasteiger charge is 2.26. The third kappa shape index (κ3) is 3.51. The van der Waals surface area contributed by atoms with Crippen LogP contribution < -0.4 is 0 Å². The first-order valence-electron chi connectivity index (χ1n) is 11.5. The van der Waals surface area contributed by atoms with E-state index < -0.39 is 0 Å². The number of hydrogen-bond donors (Lipinski definition) is 0. The van der Waals surface area contributed by atoms with E-state index in [-0.39, 0.29) is 5.41 Å². The van der Waals surface area contributed by atoms with Gasteiger partial charge in [0, 0.05) is 5.41 Å². The summed E-state index contributed by atoms with van der Waals surface area (Å²) in [6.07, 6.45) is 9.47. The minimum absolute atomic E-state index is 0.0658. The third-order valence-corrected chi connectivity index (χ3v) is 7.19. The van der Waals surface area contributed by atoms with Crippen LogP contribution in [0, 0.1) is 5.92 Å². The van der Waals surface area contributed by atoms with E-state index in [4.69, 9.17) is 0 Å². The fourth-order valence-electron chi connectivity index (χ4n) is 4.90. The van der Waals surface area contributed by atoms with Crippen molar-refractivity contribution in [3.05, 3.63) is 108 Å². The Hall–Kier alpha value is -3.12. The van der Waals surface area contributed by atoms with E-state index in [2.05, 4.69) is 118 Å². The van der Waals surface area contributed by atoms with Crippen LogP contribution in [0.4, 0.5) is 0 Å². The van der Waals surface area contributed by atoms with Gasteiger partial charge in [0.05, 0.1) is 0 Å². The summed E-state index contributed by atoms with van der Waals surface area (Å²) >= 11 is 0. The van der Waals surface area contributed by atoms with Gasteiger partial charge in [0.25, 0.3) is 0 Å². The Morgan fingerprint density at radius 3 is 2.00 bits per heavy atom. The molecule has 0 aromatic heterocycles. The van der Waals surface area contributed by atoms with Crippen LogP contribution in [0.3, 0.4) is 0 Å². The highest BCUT2D eigenvalue weighted by molar-refractivity contribution is 6.12. The van der Waals surface area contributed by atoms with Crippen LogP contribution in [0.15, 0.2) is 103 Å². The maximum absolute atomic E-state index is 2.44. The van der Waals surface area contributed by atoms with Gasteiger partial charge in [-0.2, -0.15) is 0 Å². The molecule has 154 valence electrons. The Morgan fingerprint density at radius 2 is 1.45 bits per heavy atom.